The average Bonchev–Trinajstić information content (AvgIpc) is 3.19. The van der Waals surface area contributed by atoms with Gasteiger partial charge in [0.2, 0.25) is 0 Å². The average molecular weight is 617 g/mol. The van der Waals surface area contributed by atoms with Gasteiger partial charge in [0.25, 0.3) is 6.10 Å². The van der Waals surface area contributed by atoms with Gasteiger partial charge in [0, 0.05) is 31.1 Å². The second-order valence-corrected chi connectivity index (χ2v) is 14.6. The van der Waals surface area contributed by atoms with Crippen molar-refractivity contribution in [2.45, 2.75) is 102 Å². The number of hydrogen-bond donors (Lipinski definition) is 2. The summed E-state index contributed by atoms with van der Waals surface area (Å²) in [5, 5.41) is 5.47. The van der Waals surface area contributed by atoms with Gasteiger partial charge >= 0.3 is 27.5 Å². The number of ether oxygens (including phenoxy) is 1. The highest BCUT2D eigenvalue weighted by atomic mass is 32.2. The second-order valence-electron chi connectivity index (χ2n) is 13.1. The number of ketones is 2. The van der Waals surface area contributed by atoms with E-state index in [1.54, 1.807) is 6.92 Å². The molecule has 234 valence electrons. The second kappa shape index (κ2) is 10.5. The summed E-state index contributed by atoms with van der Waals surface area (Å²) in [6.07, 6.45) is -8.50. The maximum absolute atomic E-state index is 13.8. The SMILES string of the molecule is C[C@H](CCC(=O)OC(C(F)(F)F)C(F)(F)S(=O)(=O)O)[C@H]1CC[C@H]2[C@@H]3C(O)C[C@@H]4CC(=O)CC[C@]4(C)[C@H]3CC(=O)[C@]12C. The van der Waals surface area contributed by atoms with Gasteiger partial charge in [-0.25, -0.2) is 0 Å². The van der Waals surface area contributed by atoms with Gasteiger partial charge in [0.05, 0.1) is 6.10 Å². The van der Waals surface area contributed by atoms with Crippen LogP contribution in [0.1, 0.15) is 78.6 Å². The molecule has 10 atom stereocenters. The van der Waals surface area contributed by atoms with E-state index in [0.29, 0.717) is 38.5 Å². The molecule has 2 N–H and O–H groups in total. The van der Waals surface area contributed by atoms with E-state index in [2.05, 4.69) is 11.7 Å². The molecule has 0 saturated heterocycles. The molecule has 0 aliphatic heterocycles. The summed E-state index contributed by atoms with van der Waals surface area (Å²) in [7, 11) is -6.54. The molecular formula is C27H37F5O8S. The number of carbonyl (C=O) groups excluding carboxylic acids is 3. The molecule has 0 radical (unpaired) electrons. The van der Waals surface area contributed by atoms with Crippen molar-refractivity contribution in [3.8, 4) is 0 Å². The monoisotopic (exact) mass is 616 g/mol. The number of aliphatic hydroxyl groups is 1. The predicted molar refractivity (Wildman–Crippen MR) is 133 cm³/mol. The van der Waals surface area contributed by atoms with E-state index in [0.717, 1.165) is 0 Å². The molecular weight excluding hydrogens is 579 g/mol. The normalized spacial score (nSPS) is 39.4. The van der Waals surface area contributed by atoms with Gasteiger partial charge in [-0.1, -0.05) is 20.8 Å². The fraction of sp³-hybridized carbons (Fsp3) is 0.889. The molecule has 0 bridgehead atoms. The van der Waals surface area contributed by atoms with Crippen LogP contribution in [0.3, 0.4) is 0 Å². The number of hydrogen-bond acceptors (Lipinski definition) is 7. The first-order valence-corrected chi connectivity index (χ1v) is 15.4. The Balaban J connectivity index is 1.47. The summed E-state index contributed by atoms with van der Waals surface area (Å²) in [6.45, 7) is 5.66. The number of rotatable bonds is 7. The first-order chi connectivity index (χ1) is 18.7. The molecule has 0 spiro atoms. The minimum absolute atomic E-state index is 0.00742. The van der Waals surface area contributed by atoms with Gasteiger partial charge < -0.3 is 9.84 Å². The smallest absolute Gasteiger partial charge is 0.432 e. The Morgan fingerprint density at radius 2 is 1.73 bits per heavy atom. The van der Waals surface area contributed by atoms with Crippen LogP contribution in [0.2, 0.25) is 0 Å². The summed E-state index contributed by atoms with van der Waals surface area (Å²) < 4.78 is 101. The van der Waals surface area contributed by atoms with Crippen molar-refractivity contribution in [2.24, 2.45) is 46.3 Å². The fourth-order valence-electron chi connectivity index (χ4n) is 8.87. The molecule has 0 amide bonds. The van der Waals surface area contributed by atoms with E-state index in [-0.39, 0.29) is 59.4 Å². The Labute approximate surface area is 235 Å². The van der Waals surface area contributed by atoms with Crippen molar-refractivity contribution in [1.82, 2.24) is 0 Å². The van der Waals surface area contributed by atoms with E-state index >= 15 is 0 Å². The lowest BCUT2D eigenvalue weighted by atomic mass is 9.43. The van der Waals surface area contributed by atoms with Crippen LogP contribution in [0, 0.1) is 46.3 Å². The van der Waals surface area contributed by atoms with Crippen molar-refractivity contribution in [3.63, 3.8) is 0 Å². The zero-order valence-corrected chi connectivity index (χ0v) is 23.9. The van der Waals surface area contributed by atoms with Gasteiger partial charge in [-0.3, -0.25) is 18.9 Å². The number of fused-ring (bicyclic) bond motifs is 5. The minimum atomic E-state index is -6.54. The number of halogens is 5. The lowest BCUT2D eigenvalue weighted by Gasteiger charge is -2.61. The highest BCUT2D eigenvalue weighted by Crippen LogP contribution is 2.67. The number of alkyl halides is 5. The Hall–Kier alpha value is -1.67. The summed E-state index contributed by atoms with van der Waals surface area (Å²) >= 11 is 0. The van der Waals surface area contributed by atoms with Gasteiger partial charge in [-0.2, -0.15) is 30.4 Å². The van der Waals surface area contributed by atoms with E-state index in [1.165, 1.54) is 0 Å². The topological polar surface area (TPSA) is 135 Å². The Bertz CT molecular complexity index is 1190. The third-order valence-electron chi connectivity index (χ3n) is 11.1. The molecule has 4 aliphatic rings. The molecule has 0 aromatic rings. The summed E-state index contributed by atoms with van der Waals surface area (Å²) in [5.41, 5.74) is -1.12. The summed E-state index contributed by atoms with van der Waals surface area (Å²) in [6, 6.07) is 0. The van der Waals surface area contributed by atoms with Crippen LogP contribution in [0.25, 0.3) is 0 Å². The molecule has 4 fully saturated rings. The van der Waals surface area contributed by atoms with Gasteiger partial charge in [0.15, 0.2) is 0 Å². The van der Waals surface area contributed by atoms with Crippen molar-refractivity contribution in [2.75, 3.05) is 0 Å². The van der Waals surface area contributed by atoms with Crippen molar-refractivity contribution < 1.29 is 59.1 Å². The number of esters is 1. The molecule has 0 aromatic carbocycles. The van der Waals surface area contributed by atoms with Gasteiger partial charge in [0.1, 0.15) is 11.6 Å². The number of Topliss-reactive ketones (excluding diaryl/α,β-unsaturated/α-hetero) is 2. The van der Waals surface area contributed by atoms with Crippen LogP contribution in [0.5, 0.6) is 0 Å². The largest absolute Gasteiger partial charge is 0.445 e. The highest BCUT2D eigenvalue weighted by Gasteiger charge is 2.67. The van der Waals surface area contributed by atoms with Crippen molar-refractivity contribution in [3.05, 3.63) is 0 Å². The molecule has 2 unspecified atom stereocenters. The number of aliphatic hydroxyl groups excluding tert-OH is 1. The van der Waals surface area contributed by atoms with E-state index in [4.69, 9.17) is 4.55 Å². The quantitative estimate of drug-likeness (QED) is 0.238. The first-order valence-electron chi connectivity index (χ1n) is 14.0. The van der Waals surface area contributed by atoms with Crippen molar-refractivity contribution >= 4 is 27.7 Å². The zero-order valence-electron chi connectivity index (χ0n) is 23.1. The van der Waals surface area contributed by atoms with Crippen molar-refractivity contribution in [1.29, 1.82) is 0 Å². The third-order valence-corrected chi connectivity index (χ3v) is 12.0. The molecule has 0 aromatic heterocycles. The van der Waals surface area contributed by atoms with Gasteiger partial charge in [-0.05, 0) is 73.0 Å². The Morgan fingerprint density at radius 1 is 1.10 bits per heavy atom. The lowest BCUT2D eigenvalue weighted by molar-refractivity contribution is -0.259. The van der Waals surface area contributed by atoms with E-state index < -0.39 is 57.5 Å². The van der Waals surface area contributed by atoms with Gasteiger partial charge in [-0.15, -0.1) is 0 Å². The van der Waals surface area contributed by atoms with Crippen LogP contribution >= 0.6 is 0 Å². The lowest BCUT2D eigenvalue weighted by Crippen LogP contribution is -2.61. The standard InChI is InChI=1S/C27H37F5O8S/c1-13(4-7-21(36)40-23(26(28,29)30)27(31,32)41(37,38)39)16-5-6-17-22-18(12-20(35)25(16,17)3)24(2)9-8-15(33)10-14(24)11-19(22)34/h13-14,16-19,22-23,34H,4-12H2,1-3H3,(H,37,38,39)/t13-,14+,16-,17+,18+,19?,22+,23?,24+,25-/m1/s1. The highest BCUT2D eigenvalue weighted by molar-refractivity contribution is 7.86. The molecule has 0 heterocycles. The molecule has 4 saturated carbocycles. The Morgan fingerprint density at radius 3 is 2.32 bits per heavy atom. The molecule has 4 rings (SSSR count). The third kappa shape index (κ3) is 5.34. The fourth-order valence-corrected chi connectivity index (χ4v) is 9.32. The molecule has 8 nitrogen and oxygen atoms in total. The maximum atomic E-state index is 13.8. The first kappa shape index (κ1) is 32.2. The molecule has 14 heteroatoms. The van der Waals surface area contributed by atoms with Crippen LogP contribution in [0.4, 0.5) is 22.0 Å². The van der Waals surface area contributed by atoms with Crippen LogP contribution in [-0.4, -0.2) is 59.3 Å². The van der Waals surface area contributed by atoms with Crippen LogP contribution < -0.4 is 0 Å². The molecule has 4 aliphatic carbocycles. The minimum Gasteiger partial charge on any atom is -0.445 e. The Kier molecular flexibility index (Phi) is 8.26. The molecule has 41 heavy (non-hydrogen) atoms. The van der Waals surface area contributed by atoms with Crippen LogP contribution in [-0.2, 0) is 29.2 Å². The summed E-state index contributed by atoms with van der Waals surface area (Å²) in [5.74, 6) is -2.65. The zero-order chi connectivity index (χ0) is 30.9. The number of carbonyl (C=O) groups is 3. The van der Waals surface area contributed by atoms with Crippen LogP contribution in [0.15, 0.2) is 0 Å². The maximum Gasteiger partial charge on any atom is 0.432 e. The summed E-state index contributed by atoms with van der Waals surface area (Å²) in [4.78, 5) is 38.2. The van der Waals surface area contributed by atoms with E-state index in [9.17, 15) is 49.9 Å². The van der Waals surface area contributed by atoms with E-state index in [1.807, 2.05) is 6.92 Å². The predicted octanol–water partition coefficient (Wildman–Crippen LogP) is 4.74.